The number of rotatable bonds is 8. The molecule has 1 aromatic carbocycles. The van der Waals surface area contributed by atoms with Crippen molar-refractivity contribution in [2.75, 3.05) is 19.8 Å². The topological polar surface area (TPSA) is 104 Å². The van der Waals surface area contributed by atoms with Gasteiger partial charge >= 0.3 is 0 Å². The fraction of sp³-hybridized carbons (Fsp3) is 0.421. The number of aromatic nitrogens is 2. The van der Waals surface area contributed by atoms with Crippen molar-refractivity contribution in [3.8, 4) is 17.1 Å². The van der Waals surface area contributed by atoms with E-state index < -0.39 is 0 Å². The second kappa shape index (κ2) is 9.15. The number of carbonyl (C=O) groups excluding carboxylic acids is 1. The third-order valence-electron chi connectivity index (χ3n) is 3.97. The van der Waals surface area contributed by atoms with Crippen molar-refractivity contribution in [3.05, 3.63) is 45.4 Å². The molecule has 2 rings (SSSR count). The van der Waals surface area contributed by atoms with Gasteiger partial charge in [-0.15, -0.1) is 0 Å². The van der Waals surface area contributed by atoms with Crippen LogP contribution in [-0.2, 0) is 0 Å². The maximum Gasteiger partial charge on any atom is 0.254 e. The molecule has 1 aromatic heterocycles. The Labute approximate surface area is 152 Å². The zero-order valence-corrected chi connectivity index (χ0v) is 15.4. The number of nitrogens with one attached hydrogen (secondary N) is 2. The van der Waals surface area contributed by atoms with E-state index in [1.165, 1.54) is 0 Å². The van der Waals surface area contributed by atoms with Crippen molar-refractivity contribution < 1.29 is 14.6 Å². The van der Waals surface area contributed by atoms with Gasteiger partial charge in [-0.3, -0.25) is 9.59 Å². The van der Waals surface area contributed by atoms with Crippen molar-refractivity contribution in [3.63, 3.8) is 0 Å². The molecule has 0 aliphatic carbocycles. The molecular formula is C19H25N3O4. The molecule has 7 heteroatoms. The van der Waals surface area contributed by atoms with Crippen LogP contribution in [-0.4, -0.2) is 40.7 Å². The molecule has 0 unspecified atom stereocenters. The Bertz CT molecular complexity index is 830. The van der Waals surface area contributed by atoms with Crippen LogP contribution in [0.2, 0.25) is 0 Å². The number of aryl methyl sites for hydroxylation is 1. The Hall–Kier alpha value is -2.67. The summed E-state index contributed by atoms with van der Waals surface area (Å²) in [6.07, 6.45) is 1.32. The summed E-state index contributed by atoms with van der Waals surface area (Å²) in [6.45, 7) is 6.40. The molecule has 26 heavy (non-hydrogen) atoms. The maximum absolute atomic E-state index is 12.3. The minimum atomic E-state index is -0.257. The fourth-order valence-electron chi connectivity index (χ4n) is 2.35. The summed E-state index contributed by atoms with van der Waals surface area (Å²) in [6, 6.07) is 5.04. The lowest BCUT2D eigenvalue weighted by molar-refractivity contribution is 0.0951. The zero-order valence-electron chi connectivity index (χ0n) is 15.4. The van der Waals surface area contributed by atoms with Gasteiger partial charge in [-0.2, -0.15) is 0 Å². The van der Waals surface area contributed by atoms with Gasteiger partial charge < -0.3 is 20.1 Å². The third-order valence-corrected chi connectivity index (χ3v) is 3.97. The number of H-pyrrole nitrogens is 1. The highest BCUT2D eigenvalue weighted by atomic mass is 16.5. The van der Waals surface area contributed by atoms with Crippen LogP contribution in [0.15, 0.2) is 23.0 Å². The van der Waals surface area contributed by atoms with Crippen LogP contribution in [0.1, 0.15) is 41.4 Å². The number of aromatic amines is 1. The summed E-state index contributed by atoms with van der Waals surface area (Å²) in [5.74, 6) is 0.673. The molecule has 0 atom stereocenters. The molecule has 1 amide bonds. The van der Waals surface area contributed by atoms with Crippen molar-refractivity contribution in [2.24, 2.45) is 0 Å². The first-order valence-corrected chi connectivity index (χ1v) is 8.71. The minimum Gasteiger partial charge on any atom is -0.493 e. The van der Waals surface area contributed by atoms with Gasteiger partial charge in [-0.05, 0) is 44.9 Å². The molecule has 0 saturated carbocycles. The van der Waals surface area contributed by atoms with Crippen LogP contribution in [0.5, 0.6) is 5.75 Å². The van der Waals surface area contributed by atoms with Gasteiger partial charge in [-0.25, -0.2) is 4.98 Å². The summed E-state index contributed by atoms with van der Waals surface area (Å²) in [7, 11) is 0. The van der Waals surface area contributed by atoms with Crippen LogP contribution in [0.25, 0.3) is 11.4 Å². The number of amides is 1. The highest BCUT2D eigenvalue weighted by molar-refractivity contribution is 5.95. The van der Waals surface area contributed by atoms with Crippen LogP contribution < -0.4 is 15.6 Å². The lowest BCUT2D eigenvalue weighted by Crippen LogP contribution is -2.25. The number of nitrogens with zero attached hydrogens (tertiary/aromatic N) is 1. The van der Waals surface area contributed by atoms with Crippen LogP contribution in [0, 0.1) is 13.8 Å². The van der Waals surface area contributed by atoms with E-state index in [0.29, 0.717) is 53.5 Å². The zero-order chi connectivity index (χ0) is 19.1. The van der Waals surface area contributed by atoms with Crippen molar-refractivity contribution >= 4 is 5.91 Å². The van der Waals surface area contributed by atoms with E-state index in [9.17, 15) is 9.59 Å². The maximum atomic E-state index is 12.3. The number of benzene rings is 1. The number of carbonyl (C=O) groups is 1. The Balaban J connectivity index is 2.44. The van der Waals surface area contributed by atoms with Gasteiger partial charge in [-0.1, -0.05) is 6.92 Å². The monoisotopic (exact) mass is 359 g/mol. The number of hydrogen-bond donors (Lipinski definition) is 3. The summed E-state index contributed by atoms with van der Waals surface area (Å²) in [5, 5.41) is 11.6. The predicted molar refractivity (Wildman–Crippen MR) is 99.6 cm³/mol. The fourth-order valence-corrected chi connectivity index (χ4v) is 2.35. The molecule has 1 heterocycles. The summed E-state index contributed by atoms with van der Waals surface area (Å²) in [5.41, 5.74) is 1.97. The minimum absolute atomic E-state index is 0.0170. The summed E-state index contributed by atoms with van der Waals surface area (Å²) >= 11 is 0. The molecule has 0 aliphatic rings. The molecular weight excluding hydrogens is 334 g/mol. The highest BCUT2D eigenvalue weighted by Crippen LogP contribution is 2.29. The van der Waals surface area contributed by atoms with E-state index in [2.05, 4.69) is 15.3 Å². The number of hydrogen-bond acceptors (Lipinski definition) is 5. The second-order valence-corrected chi connectivity index (χ2v) is 6.02. The van der Waals surface area contributed by atoms with E-state index in [4.69, 9.17) is 9.84 Å². The van der Waals surface area contributed by atoms with Crippen LogP contribution >= 0.6 is 0 Å². The first-order valence-electron chi connectivity index (χ1n) is 8.71. The molecule has 3 N–H and O–H groups in total. The summed E-state index contributed by atoms with van der Waals surface area (Å²) in [4.78, 5) is 31.6. The molecule has 0 fully saturated rings. The smallest absolute Gasteiger partial charge is 0.254 e. The molecule has 0 saturated heterocycles. The standard InChI is InChI=1S/C19H25N3O4/c1-4-10-26-16-7-6-14(19(25)20-8-5-9-23)11-15(16)17-21-13(3)12(2)18(24)22-17/h6-7,11,23H,4-5,8-10H2,1-3H3,(H,20,25)(H,21,22,24). The van der Waals surface area contributed by atoms with Gasteiger partial charge in [0, 0.05) is 30.0 Å². The van der Waals surface area contributed by atoms with E-state index in [1.54, 1.807) is 32.0 Å². The first kappa shape index (κ1) is 19.7. The molecule has 7 nitrogen and oxygen atoms in total. The third kappa shape index (κ3) is 4.70. The van der Waals surface area contributed by atoms with Crippen molar-refractivity contribution in [2.45, 2.75) is 33.6 Å². The predicted octanol–water partition coefficient (Wildman–Crippen LogP) is 1.95. The van der Waals surface area contributed by atoms with E-state index in [-0.39, 0.29) is 18.1 Å². The molecule has 0 radical (unpaired) electrons. The van der Waals surface area contributed by atoms with Crippen LogP contribution in [0.4, 0.5) is 0 Å². The number of aliphatic hydroxyl groups is 1. The Morgan fingerprint density at radius 3 is 2.77 bits per heavy atom. The summed E-state index contributed by atoms with van der Waals surface area (Å²) < 4.78 is 5.76. The largest absolute Gasteiger partial charge is 0.493 e. The average Bonchev–Trinajstić information content (AvgIpc) is 2.64. The lowest BCUT2D eigenvalue weighted by Gasteiger charge is -2.13. The van der Waals surface area contributed by atoms with E-state index in [0.717, 1.165) is 6.42 Å². The normalized spacial score (nSPS) is 10.6. The molecule has 140 valence electrons. The van der Waals surface area contributed by atoms with Crippen molar-refractivity contribution in [1.82, 2.24) is 15.3 Å². The Morgan fingerprint density at radius 1 is 1.35 bits per heavy atom. The van der Waals surface area contributed by atoms with Gasteiger partial charge in [0.2, 0.25) is 0 Å². The molecule has 0 aliphatic heterocycles. The average molecular weight is 359 g/mol. The Morgan fingerprint density at radius 2 is 2.12 bits per heavy atom. The van der Waals surface area contributed by atoms with Gasteiger partial charge in [0.1, 0.15) is 11.6 Å². The number of aliphatic hydroxyl groups excluding tert-OH is 1. The molecule has 2 aromatic rings. The van der Waals surface area contributed by atoms with Gasteiger partial charge in [0.15, 0.2) is 0 Å². The second-order valence-electron chi connectivity index (χ2n) is 6.02. The quantitative estimate of drug-likeness (QED) is 0.625. The van der Waals surface area contributed by atoms with Crippen LogP contribution in [0.3, 0.4) is 0 Å². The van der Waals surface area contributed by atoms with Gasteiger partial charge in [0.05, 0.1) is 12.2 Å². The lowest BCUT2D eigenvalue weighted by atomic mass is 10.1. The Kier molecular flexibility index (Phi) is 6.91. The SMILES string of the molecule is CCCOc1ccc(C(=O)NCCCO)cc1-c1nc(C)c(C)c(=O)[nH]1. The van der Waals surface area contributed by atoms with E-state index >= 15 is 0 Å². The molecule has 0 spiro atoms. The first-order chi connectivity index (χ1) is 12.5. The molecule has 0 bridgehead atoms. The highest BCUT2D eigenvalue weighted by Gasteiger charge is 2.15. The van der Waals surface area contributed by atoms with E-state index in [1.807, 2.05) is 6.92 Å². The van der Waals surface area contributed by atoms with Crippen molar-refractivity contribution in [1.29, 1.82) is 0 Å². The van der Waals surface area contributed by atoms with Gasteiger partial charge in [0.25, 0.3) is 11.5 Å². The number of ether oxygens (including phenoxy) is 1.